The van der Waals surface area contributed by atoms with Crippen LogP contribution in [0.2, 0.25) is 0 Å². The predicted octanol–water partition coefficient (Wildman–Crippen LogP) is 3.39. The average molecular weight is 399 g/mol. The molecule has 2 rings (SSSR count). The fourth-order valence-electron chi connectivity index (χ4n) is 2.26. The lowest BCUT2D eigenvalue weighted by Crippen LogP contribution is -2.38. The molecule has 4 nitrogen and oxygen atoms in total. The third-order valence-electron chi connectivity index (χ3n) is 3.59. The number of hydrogen-bond acceptors (Lipinski definition) is 3. The van der Waals surface area contributed by atoms with Crippen molar-refractivity contribution in [1.29, 1.82) is 0 Å². The first kappa shape index (κ1) is 16.7. The third kappa shape index (κ3) is 3.76. The van der Waals surface area contributed by atoms with Gasteiger partial charge in [-0.25, -0.2) is 12.8 Å². The van der Waals surface area contributed by atoms with E-state index in [1.54, 1.807) is 4.90 Å². The van der Waals surface area contributed by atoms with Crippen molar-refractivity contribution in [1.82, 2.24) is 4.90 Å². The molecule has 0 unspecified atom stereocenters. The first-order valence-corrected chi connectivity index (χ1v) is 9.53. The molecule has 0 bridgehead atoms. The molecule has 1 saturated heterocycles. The Hall–Kier alpha value is -0.660. The summed E-state index contributed by atoms with van der Waals surface area (Å²) in [5.74, 6) is -0.750. The molecule has 0 aromatic heterocycles. The van der Waals surface area contributed by atoms with Gasteiger partial charge in [-0.3, -0.25) is 4.79 Å². The standard InChI is InChI=1S/C13H14BrClFNO3S/c1-8-2-4-17(5-3-8)13(18)9-6-12(21(15,19)20)11(16)7-10(9)14/h6-8H,2-5H2,1H3. The molecule has 0 aliphatic carbocycles. The van der Waals surface area contributed by atoms with E-state index in [9.17, 15) is 17.6 Å². The van der Waals surface area contributed by atoms with Gasteiger partial charge in [-0.05, 0) is 46.8 Å². The van der Waals surface area contributed by atoms with Gasteiger partial charge in [0, 0.05) is 28.2 Å². The second-order valence-corrected chi connectivity index (χ2v) is 8.56. The number of carbonyl (C=O) groups excluding carboxylic acids is 1. The smallest absolute Gasteiger partial charge is 0.264 e. The van der Waals surface area contributed by atoms with Gasteiger partial charge < -0.3 is 4.90 Å². The fourth-order valence-corrected chi connectivity index (χ4v) is 3.65. The summed E-state index contributed by atoms with van der Waals surface area (Å²) in [6.45, 7) is 3.33. The van der Waals surface area contributed by atoms with Crippen molar-refractivity contribution in [3.8, 4) is 0 Å². The molecule has 1 amide bonds. The van der Waals surface area contributed by atoms with Crippen LogP contribution in [-0.4, -0.2) is 32.3 Å². The van der Waals surface area contributed by atoms with Gasteiger partial charge in [-0.1, -0.05) is 6.92 Å². The first-order chi connectivity index (χ1) is 9.70. The number of benzene rings is 1. The molecule has 1 aliphatic rings. The normalized spacial score (nSPS) is 17.0. The molecule has 1 heterocycles. The lowest BCUT2D eigenvalue weighted by molar-refractivity contribution is 0.0696. The van der Waals surface area contributed by atoms with Crippen LogP contribution >= 0.6 is 26.6 Å². The van der Waals surface area contributed by atoms with E-state index >= 15 is 0 Å². The third-order valence-corrected chi connectivity index (χ3v) is 5.58. The molecule has 8 heteroatoms. The molecule has 1 aliphatic heterocycles. The molecular weight excluding hydrogens is 385 g/mol. The zero-order valence-electron chi connectivity index (χ0n) is 11.3. The van der Waals surface area contributed by atoms with E-state index in [4.69, 9.17) is 10.7 Å². The number of likely N-dealkylation sites (tertiary alicyclic amines) is 1. The number of amides is 1. The highest BCUT2D eigenvalue weighted by Gasteiger charge is 2.26. The summed E-state index contributed by atoms with van der Waals surface area (Å²) in [5, 5.41) is 0. The Balaban J connectivity index is 2.37. The summed E-state index contributed by atoms with van der Waals surface area (Å²) >= 11 is 3.10. The lowest BCUT2D eigenvalue weighted by atomic mass is 9.98. The molecule has 0 atom stereocenters. The van der Waals surface area contributed by atoms with Gasteiger partial charge in [0.1, 0.15) is 10.7 Å². The molecule has 21 heavy (non-hydrogen) atoms. The van der Waals surface area contributed by atoms with E-state index in [1.807, 2.05) is 0 Å². The van der Waals surface area contributed by atoms with Gasteiger partial charge in [0.2, 0.25) is 0 Å². The van der Waals surface area contributed by atoms with Crippen molar-refractivity contribution in [2.24, 2.45) is 5.92 Å². The second-order valence-electron chi connectivity index (χ2n) is 5.18. The first-order valence-electron chi connectivity index (χ1n) is 6.43. The zero-order valence-corrected chi connectivity index (χ0v) is 14.4. The maximum Gasteiger partial charge on any atom is 0.264 e. The summed E-state index contributed by atoms with van der Waals surface area (Å²) in [7, 11) is 0.950. The van der Waals surface area contributed by atoms with Crippen LogP contribution in [0.1, 0.15) is 30.1 Å². The Morgan fingerprint density at radius 3 is 2.48 bits per heavy atom. The van der Waals surface area contributed by atoms with Gasteiger partial charge >= 0.3 is 0 Å². The Labute approximate surface area is 135 Å². The van der Waals surface area contributed by atoms with E-state index in [0.29, 0.717) is 19.0 Å². The quantitative estimate of drug-likeness (QED) is 0.718. The van der Waals surface area contributed by atoms with Crippen LogP contribution in [-0.2, 0) is 9.05 Å². The summed E-state index contributed by atoms with van der Waals surface area (Å²) in [6.07, 6.45) is 1.79. The average Bonchev–Trinajstić information content (AvgIpc) is 2.37. The van der Waals surface area contributed by atoms with Crippen LogP contribution in [0.15, 0.2) is 21.5 Å². The number of nitrogens with zero attached hydrogens (tertiary/aromatic N) is 1. The topological polar surface area (TPSA) is 54.5 Å². The van der Waals surface area contributed by atoms with Crippen LogP contribution in [0.25, 0.3) is 0 Å². The van der Waals surface area contributed by atoms with Crippen molar-refractivity contribution >= 4 is 41.6 Å². The number of piperidine rings is 1. The van der Waals surface area contributed by atoms with Gasteiger partial charge in [0.05, 0.1) is 5.56 Å². The highest BCUT2D eigenvalue weighted by molar-refractivity contribution is 9.10. The highest BCUT2D eigenvalue weighted by atomic mass is 79.9. The molecular formula is C13H14BrClFNO3S. The van der Waals surface area contributed by atoms with Crippen LogP contribution in [0.3, 0.4) is 0 Å². The summed E-state index contributed by atoms with van der Waals surface area (Å²) in [4.78, 5) is 13.4. The molecule has 0 radical (unpaired) electrons. The monoisotopic (exact) mass is 397 g/mol. The molecule has 1 aromatic carbocycles. The van der Waals surface area contributed by atoms with Gasteiger partial charge in [-0.2, -0.15) is 0 Å². The second kappa shape index (κ2) is 6.22. The Morgan fingerprint density at radius 2 is 1.95 bits per heavy atom. The molecule has 0 N–H and O–H groups in total. The maximum absolute atomic E-state index is 13.7. The Kier molecular flexibility index (Phi) is 4.95. The number of halogens is 3. The van der Waals surface area contributed by atoms with Crippen LogP contribution in [0.4, 0.5) is 4.39 Å². The Morgan fingerprint density at radius 1 is 1.38 bits per heavy atom. The van der Waals surface area contributed by atoms with E-state index < -0.39 is 19.8 Å². The van der Waals surface area contributed by atoms with Crippen molar-refractivity contribution in [2.45, 2.75) is 24.7 Å². The van der Waals surface area contributed by atoms with Crippen LogP contribution < -0.4 is 0 Å². The number of rotatable bonds is 2. The minimum Gasteiger partial charge on any atom is -0.339 e. The molecule has 0 spiro atoms. The maximum atomic E-state index is 13.7. The lowest BCUT2D eigenvalue weighted by Gasteiger charge is -2.30. The highest BCUT2D eigenvalue weighted by Crippen LogP contribution is 2.28. The summed E-state index contributed by atoms with van der Waals surface area (Å²) in [5.41, 5.74) is 0.102. The fraction of sp³-hybridized carbons (Fsp3) is 0.462. The van der Waals surface area contributed by atoms with Crippen molar-refractivity contribution in [2.75, 3.05) is 13.1 Å². The Bertz CT molecular complexity index is 672. The molecule has 1 aromatic rings. The van der Waals surface area contributed by atoms with Crippen molar-refractivity contribution in [3.05, 3.63) is 28.0 Å². The minimum absolute atomic E-state index is 0.102. The number of hydrogen-bond donors (Lipinski definition) is 0. The predicted molar refractivity (Wildman–Crippen MR) is 81.4 cm³/mol. The van der Waals surface area contributed by atoms with Crippen molar-refractivity contribution < 1.29 is 17.6 Å². The van der Waals surface area contributed by atoms with Crippen LogP contribution in [0.5, 0.6) is 0 Å². The minimum atomic E-state index is -4.24. The van der Waals surface area contributed by atoms with E-state index in [0.717, 1.165) is 25.0 Å². The van der Waals surface area contributed by atoms with Gasteiger partial charge in [0.25, 0.3) is 15.0 Å². The van der Waals surface area contributed by atoms with E-state index in [2.05, 4.69) is 22.9 Å². The zero-order chi connectivity index (χ0) is 15.8. The molecule has 0 saturated carbocycles. The summed E-state index contributed by atoms with van der Waals surface area (Å²) in [6, 6.07) is 1.94. The van der Waals surface area contributed by atoms with E-state index in [1.165, 1.54) is 0 Å². The van der Waals surface area contributed by atoms with Gasteiger partial charge in [0.15, 0.2) is 0 Å². The summed E-state index contributed by atoms with van der Waals surface area (Å²) < 4.78 is 36.6. The van der Waals surface area contributed by atoms with E-state index in [-0.39, 0.29) is 15.9 Å². The number of carbonyl (C=O) groups is 1. The molecule has 116 valence electrons. The van der Waals surface area contributed by atoms with Crippen LogP contribution in [0, 0.1) is 11.7 Å². The SMILES string of the molecule is CC1CCN(C(=O)c2cc(S(=O)(=O)Cl)c(F)cc2Br)CC1. The van der Waals surface area contributed by atoms with Crippen molar-refractivity contribution in [3.63, 3.8) is 0 Å². The molecule has 1 fully saturated rings. The largest absolute Gasteiger partial charge is 0.339 e. The van der Waals surface area contributed by atoms with Gasteiger partial charge in [-0.15, -0.1) is 0 Å².